The minimum atomic E-state index is -1.16. The summed E-state index contributed by atoms with van der Waals surface area (Å²) in [4.78, 5) is 66.5. The quantitative estimate of drug-likeness (QED) is 0.296. The first kappa shape index (κ1) is 29.7. The number of rotatable bonds is 11. The summed E-state index contributed by atoms with van der Waals surface area (Å²) < 4.78 is 0. The molecule has 0 radical (unpaired) electrons. The van der Waals surface area contributed by atoms with Crippen LogP contribution in [0.15, 0.2) is 72.8 Å². The third-order valence-electron chi connectivity index (χ3n) is 8.18. The summed E-state index contributed by atoms with van der Waals surface area (Å²) in [6.07, 6.45) is 1.11. The highest BCUT2D eigenvalue weighted by Crippen LogP contribution is 2.37. The summed E-state index contributed by atoms with van der Waals surface area (Å²) in [5, 5.41) is 16.1. The Hall–Kier alpha value is -4.83. The average molecular weight is 583 g/mol. The molecule has 2 aliphatic rings. The van der Waals surface area contributed by atoms with Gasteiger partial charge in [-0.2, -0.15) is 0 Å². The van der Waals surface area contributed by atoms with Gasteiger partial charge >= 0.3 is 5.97 Å². The average Bonchev–Trinajstić information content (AvgIpc) is 3.51. The molecular formula is C33H34N4O6. The molecule has 0 aromatic heterocycles. The van der Waals surface area contributed by atoms with E-state index >= 15 is 0 Å². The Morgan fingerprint density at radius 3 is 2.23 bits per heavy atom. The number of hydrogen-bond acceptors (Lipinski definition) is 6. The number of carbonyl (C=O) groups is 5. The zero-order valence-electron chi connectivity index (χ0n) is 24.1. The second-order valence-electron chi connectivity index (χ2n) is 11.0. The van der Waals surface area contributed by atoms with Gasteiger partial charge < -0.3 is 15.7 Å². The number of hydrogen-bond donors (Lipinski definition) is 3. The Kier molecular flexibility index (Phi) is 8.68. The molecule has 10 heteroatoms. The first-order valence-corrected chi connectivity index (χ1v) is 14.4. The minimum absolute atomic E-state index is 0.0401. The van der Waals surface area contributed by atoms with Crippen LogP contribution in [0.2, 0.25) is 0 Å². The van der Waals surface area contributed by atoms with Crippen molar-refractivity contribution in [2.45, 2.75) is 45.2 Å². The van der Waals surface area contributed by atoms with Gasteiger partial charge in [-0.25, -0.2) is 9.69 Å². The zero-order valence-corrected chi connectivity index (χ0v) is 24.1. The summed E-state index contributed by atoms with van der Waals surface area (Å²) in [7, 11) is 0. The third kappa shape index (κ3) is 6.05. The smallest absolute Gasteiger partial charge is 0.327 e. The van der Waals surface area contributed by atoms with Crippen molar-refractivity contribution in [3.8, 4) is 0 Å². The number of aliphatic carboxylic acids is 1. The predicted molar refractivity (Wildman–Crippen MR) is 161 cm³/mol. The van der Waals surface area contributed by atoms with E-state index in [9.17, 15) is 29.1 Å². The highest BCUT2D eigenvalue weighted by atomic mass is 16.4. The maximum absolute atomic E-state index is 13.4. The number of benzene rings is 3. The van der Waals surface area contributed by atoms with Crippen molar-refractivity contribution in [2.24, 2.45) is 5.92 Å². The fourth-order valence-electron chi connectivity index (χ4n) is 5.64. The molecule has 3 N–H and O–H groups in total. The molecular weight excluding hydrogens is 548 g/mol. The van der Waals surface area contributed by atoms with Crippen molar-refractivity contribution in [2.75, 3.05) is 22.9 Å². The summed E-state index contributed by atoms with van der Waals surface area (Å²) in [5.41, 5.74) is 2.83. The number of carbonyl (C=O) groups excluding carboxylic acids is 4. The number of amides is 4. The minimum Gasteiger partial charge on any atom is -0.480 e. The fraction of sp³-hybridized carbons (Fsp3) is 0.303. The number of nitrogens with one attached hydrogen (secondary N) is 2. The van der Waals surface area contributed by atoms with E-state index in [1.807, 2.05) is 44.2 Å². The van der Waals surface area contributed by atoms with Gasteiger partial charge in [0.15, 0.2) is 0 Å². The largest absolute Gasteiger partial charge is 0.480 e. The number of carboxylic acid groups (broad SMARTS) is 1. The Morgan fingerprint density at radius 1 is 0.953 bits per heavy atom. The molecule has 0 aliphatic carbocycles. The standard InChI is InChI=1S/C33H34N4O6/c1-3-20(2)26(35-29(38)15-21-9-5-4-6-10-21)18-34-19-30(39)37-27-14-13-23(16-22(27)17-28(37)33(42)43)36-31(40)24-11-7-8-12-25(24)32(36)41/h4-14,16,20,26,28,34H,3,15,17-19H2,1-2H3,(H,35,38)(H,42,43)/t20-,26-,28?/m0/s1. The van der Waals surface area contributed by atoms with Crippen molar-refractivity contribution in [3.05, 3.63) is 95.1 Å². The summed E-state index contributed by atoms with van der Waals surface area (Å²) in [6, 6.07) is 19.4. The molecule has 10 nitrogen and oxygen atoms in total. The Bertz CT molecular complexity index is 1540. The summed E-state index contributed by atoms with van der Waals surface area (Å²) in [6.45, 7) is 4.25. The van der Waals surface area contributed by atoms with Gasteiger partial charge in [-0.05, 0) is 47.4 Å². The molecule has 3 aromatic carbocycles. The normalized spacial score (nSPS) is 16.9. The van der Waals surface area contributed by atoms with Crippen LogP contribution >= 0.6 is 0 Å². The van der Waals surface area contributed by atoms with Crippen molar-refractivity contribution >= 4 is 41.0 Å². The highest BCUT2D eigenvalue weighted by Gasteiger charge is 2.41. The molecule has 0 fully saturated rings. The second-order valence-corrected chi connectivity index (χ2v) is 11.0. The monoisotopic (exact) mass is 582 g/mol. The van der Waals surface area contributed by atoms with E-state index in [1.54, 1.807) is 42.5 Å². The topological polar surface area (TPSA) is 136 Å². The lowest BCUT2D eigenvalue weighted by atomic mass is 9.98. The molecule has 0 saturated carbocycles. The number of carboxylic acids is 1. The van der Waals surface area contributed by atoms with Gasteiger partial charge in [0, 0.05) is 24.7 Å². The molecule has 5 rings (SSSR count). The van der Waals surface area contributed by atoms with Crippen LogP contribution in [0.4, 0.5) is 11.4 Å². The van der Waals surface area contributed by atoms with Gasteiger partial charge in [0.2, 0.25) is 11.8 Å². The highest BCUT2D eigenvalue weighted by molar-refractivity contribution is 6.34. The van der Waals surface area contributed by atoms with Crippen LogP contribution in [-0.4, -0.2) is 59.9 Å². The predicted octanol–water partition coefficient (Wildman–Crippen LogP) is 3.19. The van der Waals surface area contributed by atoms with Gasteiger partial charge in [-0.15, -0.1) is 0 Å². The van der Waals surface area contributed by atoms with Crippen LogP contribution in [0.3, 0.4) is 0 Å². The van der Waals surface area contributed by atoms with Crippen LogP contribution in [0, 0.1) is 5.92 Å². The summed E-state index contributed by atoms with van der Waals surface area (Å²) in [5.74, 6) is -2.45. The van der Waals surface area contributed by atoms with Crippen LogP contribution in [0.1, 0.15) is 52.1 Å². The van der Waals surface area contributed by atoms with Crippen LogP contribution in [0.5, 0.6) is 0 Å². The van der Waals surface area contributed by atoms with Crippen molar-refractivity contribution in [1.29, 1.82) is 0 Å². The molecule has 2 aliphatic heterocycles. The van der Waals surface area contributed by atoms with Crippen LogP contribution in [0.25, 0.3) is 0 Å². The molecule has 1 unspecified atom stereocenters. The second kappa shape index (κ2) is 12.6. The zero-order chi connectivity index (χ0) is 30.7. The third-order valence-corrected chi connectivity index (χ3v) is 8.18. The van der Waals surface area contributed by atoms with Gasteiger partial charge in [-0.1, -0.05) is 62.7 Å². The van der Waals surface area contributed by atoms with Gasteiger partial charge in [0.25, 0.3) is 11.8 Å². The van der Waals surface area contributed by atoms with E-state index in [0.717, 1.165) is 16.9 Å². The van der Waals surface area contributed by atoms with Crippen molar-refractivity contribution in [1.82, 2.24) is 10.6 Å². The molecule has 3 aromatic rings. The maximum Gasteiger partial charge on any atom is 0.327 e. The molecule has 0 bridgehead atoms. The van der Waals surface area contributed by atoms with Gasteiger partial charge in [0.1, 0.15) is 6.04 Å². The van der Waals surface area contributed by atoms with E-state index in [4.69, 9.17) is 0 Å². The number of anilines is 2. The Balaban J connectivity index is 1.26. The lowest BCUT2D eigenvalue weighted by Crippen LogP contribution is -2.50. The van der Waals surface area contributed by atoms with Gasteiger partial charge in [0.05, 0.1) is 29.8 Å². The van der Waals surface area contributed by atoms with Crippen molar-refractivity contribution < 1.29 is 29.1 Å². The summed E-state index contributed by atoms with van der Waals surface area (Å²) >= 11 is 0. The fourth-order valence-corrected chi connectivity index (χ4v) is 5.64. The lowest BCUT2D eigenvalue weighted by Gasteiger charge is -2.26. The molecule has 4 amide bonds. The lowest BCUT2D eigenvalue weighted by molar-refractivity contribution is -0.139. The SMILES string of the molecule is CC[C@H](C)[C@H](CNCC(=O)N1c2ccc(N3C(=O)c4ccccc4C3=O)cc2CC1C(=O)O)NC(=O)Cc1ccccc1. The van der Waals surface area contributed by atoms with E-state index in [0.29, 0.717) is 34.6 Å². The molecule has 3 atom stereocenters. The Morgan fingerprint density at radius 2 is 1.60 bits per heavy atom. The van der Waals surface area contributed by atoms with Crippen molar-refractivity contribution in [3.63, 3.8) is 0 Å². The van der Waals surface area contributed by atoms with Crippen LogP contribution in [-0.2, 0) is 27.2 Å². The van der Waals surface area contributed by atoms with Crippen LogP contribution < -0.4 is 20.4 Å². The molecule has 43 heavy (non-hydrogen) atoms. The molecule has 0 spiro atoms. The number of imide groups is 1. The molecule has 222 valence electrons. The first-order valence-electron chi connectivity index (χ1n) is 14.4. The van der Waals surface area contributed by atoms with E-state index < -0.39 is 29.7 Å². The van der Waals surface area contributed by atoms with Gasteiger partial charge in [-0.3, -0.25) is 24.1 Å². The Labute approximate surface area is 249 Å². The number of nitrogens with zero attached hydrogens (tertiary/aromatic N) is 2. The van der Waals surface area contributed by atoms with E-state index in [1.165, 1.54) is 4.90 Å². The van der Waals surface area contributed by atoms with E-state index in [-0.39, 0.29) is 37.3 Å². The molecule has 0 saturated heterocycles. The van der Waals surface area contributed by atoms with E-state index in [2.05, 4.69) is 10.6 Å². The first-order chi connectivity index (χ1) is 20.7. The number of fused-ring (bicyclic) bond motifs is 2. The maximum atomic E-state index is 13.4. The molecule has 2 heterocycles.